The highest BCUT2D eigenvalue weighted by atomic mass is 19.1. The molecule has 0 aliphatic rings. The van der Waals surface area contributed by atoms with E-state index in [1.54, 1.807) is 6.20 Å². The summed E-state index contributed by atoms with van der Waals surface area (Å²) in [5.74, 6) is -0.127. The van der Waals surface area contributed by atoms with Gasteiger partial charge in [-0.3, -0.25) is 4.79 Å². The molecule has 0 radical (unpaired) electrons. The molecule has 2 rings (SSSR count). The van der Waals surface area contributed by atoms with Gasteiger partial charge in [-0.25, -0.2) is 4.39 Å². The van der Waals surface area contributed by atoms with Crippen molar-refractivity contribution in [3.05, 3.63) is 78.3 Å². The predicted molar refractivity (Wildman–Crippen MR) is 105 cm³/mol. The molecule has 0 unspecified atom stereocenters. The smallest absolute Gasteiger partial charge is 0.248 e. The van der Waals surface area contributed by atoms with E-state index in [1.165, 1.54) is 24.3 Å². The highest BCUT2D eigenvalue weighted by Gasteiger charge is 2.03. The molecule has 5 N–H and O–H groups in total. The number of benzene rings is 2. The summed E-state index contributed by atoms with van der Waals surface area (Å²) in [6.45, 7) is 0.998. The molecule has 0 atom stereocenters. The summed E-state index contributed by atoms with van der Waals surface area (Å²) in [7, 11) is 0. The molecular weight excluding hydrogens is 347 g/mol. The summed E-state index contributed by atoms with van der Waals surface area (Å²) in [5, 5.41) is 13.0. The Morgan fingerprint density at radius 2 is 1.96 bits per heavy atom. The van der Waals surface area contributed by atoms with Crippen LogP contribution >= 0.6 is 0 Å². The number of hydrogen-bond acceptors (Lipinski definition) is 5. The van der Waals surface area contributed by atoms with Crippen LogP contribution in [0.25, 0.3) is 0 Å². The topological polar surface area (TPSA) is 100 Å². The number of nitrogens with one attached hydrogen (secondary N) is 3. The molecule has 0 saturated carbocycles. The molecule has 0 aliphatic carbocycles. The van der Waals surface area contributed by atoms with Crippen molar-refractivity contribution in [2.45, 2.75) is 0 Å². The van der Waals surface area contributed by atoms with E-state index in [2.05, 4.69) is 10.6 Å². The van der Waals surface area contributed by atoms with Crippen LogP contribution in [-0.4, -0.2) is 25.3 Å². The van der Waals surface area contributed by atoms with Gasteiger partial charge in [0.15, 0.2) is 0 Å². The summed E-state index contributed by atoms with van der Waals surface area (Å²) >= 11 is 0. The van der Waals surface area contributed by atoms with Crippen LogP contribution in [-0.2, 0) is 4.79 Å². The second kappa shape index (κ2) is 10.4. The van der Waals surface area contributed by atoms with E-state index in [0.717, 1.165) is 18.0 Å². The number of halogens is 1. The first-order valence-electron chi connectivity index (χ1n) is 8.24. The Balaban J connectivity index is 1.79. The minimum Gasteiger partial charge on any atom is -0.492 e. The number of para-hydroxylation sites is 1. The Labute approximate surface area is 157 Å². The second-order valence-electron chi connectivity index (χ2n) is 5.46. The fourth-order valence-corrected chi connectivity index (χ4v) is 2.07. The van der Waals surface area contributed by atoms with Gasteiger partial charge in [0.2, 0.25) is 5.91 Å². The predicted octanol–water partition coefficient (Wildman–Crippen LogP) is 3.10. The van der Waals surface area contributed by atoms with Gasteiger partial charge in [-0.2, -0.15) is 0 Å². The summed E-state index contributed by atoms with van der Waals surface area (Å²) in [4.78, 5) is 11.9. The highest BCUT2D eigenvalue weighted by molar-refractivity contribution is 6.02. The molecule has 6 nitrogen and oxygen atoms in total. The van der Waals surface area contributed by atoms with E-state index in [9.17, 15) is 9.18 Å². The number of carbonyl (C=O) groups excluding carboxylic acids is 1. The molecule has 27 heavy (non-hydrogen) atoms. The van der Waals surface area contributed by atoms with Crippen LogP contribution in [0.2, 0.25) is 0 Å². The Hall–Kier alpha value is -3.61. The zero-order chi connectivity index (χ0) is 19.5. The number of ether oxygens (including phenoxy) is 1. The van der Waals surface area contributed by atoms with Gasteiger partial charge in [0, 0.05) is 30.6 Å². The Kier molecular flexibility index (Phi) is 7.59. The molecule has 0 aromatic heterocycles. The summed E-state index contributed by atoms with van der Waals surface area (Å²) in [6, 6.07) is 13.2. The zero-order valence-electron chi connectivity index (χ0n) is 14.6. The van der Waals surface area contributed by atoms with Crippen LogP contribution in [0, 0.1) is 11.2 Å². The van der Waals surface area contributed by atoms with E-state index in [4.69, 9.17) is 15.9 Å². The standard InChI is InChI=1S/C20H21FN4O2/c21-16-7-8-19(18(23)12-16)25-20(26)9-6-15(13-22)14-24-10-11-27-17-4-2-1-3-5-17/h1-9,12-14,22,24H,10-11,23H2,(H,25,26)/b9-6+,15-14-,22-13?. The average molecular weight is 368 g/mol. The molecule has 0 saturated heterocycles. The van der Waals surface area contributed by atoms with Gasteiger partial charge in [0.25, 0.3) is 0 Å². The van der Waals surface area contributed by atoms with E-state index in [-0.39, 0.29) is 5.69 Å². The zero-order valence-corrected chi connectivity index (χ0v) is 14.6. The van der Waals surface area contributed by atoms with Gasteiger partial charge < -0.3 is 26.5 Å². The van der Waals surface area contributed by atoms with Crippen LogP contribution < -0.4 is 21.1 Å². The van der Waals surface area contributed by atoms with Crippen LogP contribution in [0.3, 0.4) is 0 Å². The van der Waals surface area contributed by atoms with Crippen LogP contribution in [0.5, 0.6) is 5.75 Å². The van der Waals surface area contributed by atoms with Gasteiger partial charge in [-0.05, 0) is 36.4 Å². The fourth-order valence-electron chi connectivity index (χ4n) is 2.07. The maximum absolute atomic E-state index is 13.0. The van der Waals surface area contributed by atoms with Crippen molar-refractivity contribution >= 4 is 23.5 Å². The molecule has 1 amide bonds. The number of nitrogens with two attached hydrogens (primary N) is 1. The molecule has 2 aromatic rings. The van der Waals surface area contributed by atoms with Gasteiger partial charge in [0.1, 0.15) is 18.2 Å². The summed E-state index contributed by atoms with van der Waals surface area (Å²) in [6.07, 6.45) is 5.47. The molecule has 0 fully saturated rings. The maximum atomic E-state index is 13.0. The third-order valence-corrected chi connectivity index (χ3v) is 3.39. The van der Waals surface area contributed by atoms with Crippen molar-refractivity contribution in [2.75, 3.05) is 24.2 Å². The molecule has 0 heterocycles. The monoisotopic (exact) mass is 368 g/mol. The number of rotatable bonds is 9. The molecule has 7 heteroatoms. The number of nitrogen functional groups attached to an aromatic ring is 1. The van der Waals surface area contributed by atoms with E-state index < -0.39 is 11.7 Å². The molecule has 0 aliphatic heterocycles. The summed E-state index contributed by atoms with van der Waals surface area (Å²) in [5.41, 5.74) is 6.60. The molecule has 0 bridgehead atoms. The van der Waals surface area contributed by atoms with Crippen LogP contribution in [0.1, 0.15) is 0 Å². The highest BCUT2D eigenvalue weighted by Crippen LogP contribution is 2.18. The maximum Gasteiger partial charge on any atom is 0.248 e. The average Bonchev–Trinajstić information content (AvgIpc) is 2.67. The van der Waals surface area contributed by atoms with Crippen molar-refractivity contribution < 1.29 is 13.9 Å². The van der Waals surface area contributed by atoms with Gasteiger partial charge in [-0.15, -0.1) is 0 Å². The SMILES string of the molecule is N=CC(=C\NCCOc1ccccc1)/C=C/C(=O)Nc1ccc(F)cc1N. The first-order chi connectivity index (χ1) is 13.1. The number of carbonyl (C=O) groups is 1. The fraction of sp³-hybridized carbons (Fsp3) is 0.100. The lowest BCUT2D eigenvalue weighted by molar-refractivity contribution is -0.111. The van der Waals surface area contributed by atoms with Crippen molar-refractivity contribution in [1.29, 1.82) is 5.41 Å². The van der Waals surface area contributed by atoms with Crippen molar-refractivity contribution in [1.82, 2.24) is 5.32 Å². The van der Waals surface area contributed by atoms with Gasteiger partial charge in [-0.1, -0.05) is 18.2 Å². The Morgan fingerprint density at radius 1 is 1.19 bits per heavy atom. The van der Waals surface area contributed by atoms with Gasteiger partial charge in [0.05, 0.1) is 11.4 Å². The number of hydrogen-bond donors (Lipinski definition) is 4. The first kappa shape index (κ1) is 19.7. The first-order valence-corrected chi connectivity index (χ1v) is 8.24. The number of anilines is 2. The minimum atomic E-state index is -0.475. The minimum absolute atomic E-state index is 0.139. The molecule has 2 aromatic carbocycles. The van der Waals surface area contributed by atoms with E-state index >= 15 is 0 Å². The quantitative estimate of drug-likeness (QED) is 0.180. The van der Waals surface area contributed by atoms with Crippen LogP contribution in [0.15, 0.2) is 72.5 Å². The Bertz CT molecular complexity index is 835. The molecule has 140 valence electrons. The lowest BCUT2D eigenvalue weighted by Gasteiger charge is -2.06. The third-order valence-electron chi connectivity index (χ3n) is 3.39. The lowest BCUT2D eigenvalue weighted by Crippen LogP contribution is -2.16. The van der Waals surface area contributed by atoms with Crippen molar-refractivity contribution in [3.8, 4) is 5.75 Å². The largest absolute Gasteiger partial charge is 0.492 e. The Morgan fingerprint density at radius 3 is 2.67 bits per heavy atom. The molecular formula is C20H21FN4O2. The summed E-state index contributed by atoms with van der Waals surface area (Å²) < 4.78 is 18.5. The number of allylic oxidation sites excluding steroid dienone is 2. The van der Waals surface area contributed by atoms with Crippen LogP contribution in [0.4, 0.5) is 15.8 Å². The lowest BCUT2D eigenvalue weighted by atomic mass is 10.2. The molecule has 0 spiro atoms. The normalized spacial score (nSPS) is 11.2. The van der Waals surface area contributed by atoms with Gasteiger partial charge >= 0.3 is 0 Å². The second-order valence-corrected chi connectivity index (χ2v) is 5.46. The van der Waals surface area contributed by atoms with E-state index in [0.29, 0.717) is 24.4 Å². The van der Waals surface area contributed by atoms with Crippen molar-refractivity contribution in [3.63, 3.8) is 0 Å². The van der Waals surface area contributed by atoms with Crippen molar-refractivity contribution in [2.24, 2.45) is 0 Å². The van der Waals surface area contributed by atoms with E-state index in [1.807, 2.05) is 30.3 Å². The number of amides is 1. The third kappa shape index (κ3) is 7.03.